The van der Waals surface area contributed by atoms with Crippen molar-refractivity contribution < 1.29 is 9.63 Å². The van der Waals surface area contributed by atoms with E-state index in [2.05, 4.69) is 10.1 Å². The summed E-state index contributed by atoms with van der Waals surface area (Å²) >= 11 is 12.9. The van der Waals surface area contributed by atoms with Crippen LogP contribution < -0.4 is 5.73 Å². The Morgan fingerprint density at radius 1 is 1.56 bits per heavy atom. The Morgan fingerprint density at radius 3 is 2.88 bits per heavy atom. The van der Waals surface area contributed by atoms with Gasteiger partial charge in [-0.05, 0) is 6.07 Å². The van der Waals surface area contributed by atoms with Crippen molar-refractivity contribution >= 4 is 34.5 Å². The topological polar surface area (TPSA) is 85.2 Å². The van der Waals surface area contributed by atoms with Crippen molar-refractivity contribution in [3.05, 3.63) is 20.6 Å². The van der Waals surface area contributed by atoms with Gasteiger partial charge in [0.25, 0.3) is 5.89 Å². The van der Waals surface area contributed by atoms with Crippen LogP contribution in [-0.2, 0) is 0 Å². The summed E-state index contributed by atoms with van der Waals surface area (Å²) in [6.07, 6.45) is 0. The van der Waals surface area contributed by atoms with E-state index < -0.39 is 6.04 Å². The van der Waals surface area contributed by atoms with Gasteiger partial charge in [0.1, 0.15) is 4.34 Å². The summed E-state index contributed by atoms with van der Waals surface area (Å²) in [5.41, 5.74) is 6.11. The maximum Gasteiger partial charge on any atom is 0.260 e. The Bertz CT molecular complexity index is 499. The van der Waals surface area contributed by atoms with E-state index in [0.717, 1.165) is 0 Å². The minimum Gasteiger partial charge on any atom is -0.394 e. The predicted molar refractivity (Wildman–Crippen MR) is 61.6 cm³/mol. The first-order chi connectivity index (χ1) is 7.61. The average molecular weight is 280 g/mol. The monoisotopic (exact) mass is 279 g/mol. The lowest BCUT2D eigenvalue weighted by Crippen LogP contribution is -2.15. The molecule has 86 valence electrons. The van der Waals surface area contributed by atoms with E-state index in [1.165, 1.54) is 11.3 Å². The third-order valence-corrected chi connectivity index (χ3v) is 3.34. The van der Waals surface area contributed by atoms with Crippen molar-refractivity contribution in [1.82, 2.24) is 10.1 Å². The van der Waals surface area contributed by atoms with E-state index in [9.17, 15) is 0 Å². The van der Waals surface area contributed by atoms with Gasteiger partial charge in [0, 0.05) is 0 Å². The molecule has 2 heterocycles. The molecule has 8 heteroatoms. The highest BCUT2D eigenvalue weighted by Crippen LogP contribution is 2.37. The molecule has 3 N–H and O–H groups in total. The Hall–Kier alpha value is -0.660. The molecule has 1 atom stereocenters. The third-order valence-electron chi connectivity index (χ3n) is 1.86. The van der Waals surface area contributed by atoms with E-state index in [-0.39, 0.29) is 18.3 Å². The lowest BCUT2D eigenvalue weighted by Gasteiger charge is -1.98. The second-order valence-electron chi connectivity index (χ2n) is 2.98. The highest BCUT2D eigenvalue weighted by molar-refractivity contribution is 7.20. The van der Waals surface area contributed by atoms with E-state index in [0.29, 0.717) is 14.2 Å². The van der Waals surface area contributed by atoms with Crippen LogP contribution in [0.5, 0.6) is 0 Å². The molecule has 0 aliphatic carbocycles. The van der Waals surface area contributed by atoms with Gasteiger partial charge < -0.3 is 15.4 Å². The Kier molecular flexibility index (Phi) is 3.46. The number of aliphatic hydroxyl groups excluding tert-OH is 1. The summed E-state index contributed by atoms with van der Waals surface area (Å²) in [7, 11) is 0. The number of nitrogens with two attached hydrogens (primary N) is 1. The van der Waals surface area contributed by atoms with Crippen LogP contribution in [0.15, 0.2) is 10.6 Å². The Labute approximate surface area is 105 Å². The maximum absolute atomic E-state index is 8.83. The molecule has 0 amide bonds. The van der Waals surface area contributed by atoms with Crippen molar-refractivity contribution in [1.29, 1.82) is 0 Å². The van der Waals surface area contributed by atoms with Crippen LogP contribution >= 0.6 is 34.5 Å². The molecule has 0 saturated carbocycles. The van der Waals surface area contributed by atoms with Crippen molar-refractivity contribution in [3.8, 4) is 11.5 Å². The Morgan fingerprint density at radius 2 is 2.31 bits per heavy atom. The first kappa shape index (κ1) is 11.8. The lowest BCUT2D eigenvalue weighted by atomic mass is 10.3. The number of aromatic nitrogens is 2. The molecule has 0 bridgehead atoms. The normalized spacial score (nSPS) is 13.0. The molecule has 1 unspecified atom stereocenters. The zero-order chi connectivity index (χ0) is 11.7. The highest BCUT2D eigenvalue weighted by atomic mass is 35.5. The summed E-state index contributed by atoms with van der Waals surface area (Å²) in [4.78, 5) is 4.03. The standard InChI is InChI=1S/C8H7Cl2N3O2S/c9-5-1-3(6(10)16-5)8-12-7(13-15-8)4(11)2-14/h1,4,14H,2,11H2. The van der Waals surface area contributed by atoms with Gasteiger partial charge in [0.2, 0.25) is 0 Å². The molecule has 0 aromatic carbocycles. The number of nitrogens with zero attached hydrogens (tertiary/aromatic N) is 2. The number of aliphatic hydroxyl groups is 1. The largest absolute Gasteiger partial charge is 0.394 e. The van der Waals surface area contributed by atoms with Gasteiger partial charge in [0.15, 0.2) is 5.82 Å². The molecule has 16 heavy (non-hydrogen) atoms. The van der Waals surface area contributed by atoms with Crippen molar-refractivity contribution in [3.63, 3.8) is 0 Å². The minimum atomic E-state index is -0.662. The van der Waals surface area contributed by atoms with Crippen LogP contribution in [0.4, 0.5) is 0 Å². The fraction of sp³-hybridized carbons (Fsp3) is 0.250. The van der Waals surface area contributed by atoms with Gasteiger partial charge in [-0.15, -0.1) is 11.3 Å². The summed E-state index contributed by atoms with van der Waals surface area (Å²) < 4.78 is 5.98. The highest BCUT2D eigenvalue weighted by Gasteiger charge is 2.18. The molecule has 0 radical (unpaired) electrons. The first-order valence-corrected chi connectivity index (χ1v) is 5.84. The van der Waals surface area contributed by atoms with Crippen LogP contribution in [0.3, 0.4) is 0 Å². The van der Waals surface area contributed by atoms with Gasteiger partial charge >= 0.3 is 0 Å². The van der Waals surface area contributed by atoms with Gasteiger partial charge in [-0.2, -0.15) is 4.98 Å². The van der Waals surface area contributed by atoms with E-state index in [1.807, 2.05) is 0 Å². The zero-order valence-corrected chi connectivity index (χ0v) is 10.2. The van der Waals surface area contributed by atoms with Gasteiger partial charge in [-0.3, -0.25) is 0 Å². The number of hydrogen-bond acceptors (Lipinski definition) is 6. The summed E-state index contributed by atoms with van der Waals surface area (Å²) in [6.45, 7) is -0.253. The second-order valence-corrected chi connectivity index (χ2v) is 5.27. The zero-order valence-electron chi connectivity index (χ0n) is 7.85. The van der Waals surface area contributed by atoms with Gasteiger partial charge in [-0.1, -0.05) is 28.4 Å². The molecule has 2 aromatic rings. The van der Waals surface area contributed by atoms with Crippen LogP contribution in [-0.4, -0.2) is 21.9 Å². The summed E-state index contributed by atoms with van der Waals surface area (Å²) in [5, 5.41) is 12.5. The van der Waals surface area contributed by atoms with Crippen molar-refractivity contribution in [2.75, 3.05) is 6.61 Å². The number of thiophene rings is 1. The van der Waals surface area contributed by atoms with Crippen molar-refractivity contribution in [2.45, 2.75) is 6.04 Å². The predicted octanol–water partition coefficient (Wildman–Crippen LogP) is 2.10. The quantitative estimate of drug-likeness (QED) is 0.899. The average Bonchev–Trinajstić information content (AvgIpc) is 2.83. The molecular formula is C8H7Cl2N3O2S. The summed E-state index contributed by atoms with van der Waals surface area (Å²) in [5.74, 6) is 0.475. The van der Waals surface area contributed by atoms with E-state index in [4.69, 9.17) is 38.6 Å². The number of halogens is 2. The smallest absolute Gasteiger partial charge is 0.260 e. The lowest BCUT2D eigenvalue weighted by molar-refractivity contribution is 0.260. The molecule has 2 aromatic heterocycles. The number of hydrogen-bond donors (Lipinski definition) is 2. The molecule has 0 aliphatic rings. The Balaban J connectivity index is 2.35. The van der Waals surface area contributed by atoms with Crippen molar-refractivity contribution in [2.24, 2.45) is 5.73 Å². The molecule has 0 fully saturated rings. The first-order valence-electron chi connectivity index (χ1n) is 4.27. The molecule has 5 nitrogen and oxygen atoms in total. The number of rotatable bonds is 3. The fourth-order valence-electron chi connectivity index (χ4n) is 1.06. The van der Waals surface area contributed by atoms with Crippen LogP contribution in [0, 0.1) is 0 Å². The molecular weight excluding hydrogens is 273 g/mol. The van der Waals surface area contributed by atoms with Gasteiger partial charge in [0.05, 0.1) is 22.5 Å². The van der Waals surface area contributed by atoms with Crippen LogP contribution in [0.25, 0.3) is 11.5 Å². The molecule has 0 aliphatic heterocycles. The van der Waals surface area contributed by atoms with Crippen LogP contribution in [0.2, 0.25) is 8.67 Å². The SMILES string of the molecule is NC(CO)c1noc(-c2cc(Cl)sc2Cl)n1. The second kappa shape index (κ2) is 4.68. The third kappa shape index (κ3) is 2.21. The molecule has 0 spiro atoms. The van der Waals surface area contributed by atoms with E-state index in [1.54, 1.807) is 6.07 Å². The summed E-state index contributed by atoms with van der Waals surface area (Å²) in [6, 6.07) is 0.974. The van der Waals surface area contributed by atoms with Gasteiger partial charge in [-0.25, -0.2) is 0 Å². The fourth-order valence-corrected chi connectivity index (χ4v) is 2.51. The molecule has 0 saturated heterocycles. The maximum atomic E-state index is 8.83. The van der Waals surface area contributed by atoms with E-state index >= 15 is 0 Å². The minimum absolute atomic E-state index is 0.232. The molecule has 2 rings (SSSR count). The van der Waals surface area contributed by atoms with Crippen LogP contribution in [0.1, 0.15) is 11.9 Å².